The summed E-state index contributed by atoms with van der Waals surface area (Å²) in [6.45, 7) is 4.52. The van der Waals surface area contributed by atoms with Crippen molar-refractivity contribution in [2.75, 3.05) is 25.5 Å². The predicted octanol–water partition coefficient (Wildman–Crippen LogP) is 3.69. The number of carbonyl (C=O) groups excluding carboxylic acids is 2. The summed E-state index contributed by atoms with van der Waals surface area (Å²) in [5.41, 5.74) is 3.35. The zero-order valence-corrected chi connectivity index (χ0v) is 18.4. The summed E-state index contributed by atoms with van der Waals surface area (Å²) in [5.74, 6) is -0.455. The highest BCUT2D eigenvalue weighted by Crippen LogP contribution is 2.36. The lowest BCUT2D eigenvalue weighted by atomic mass is 9.94. The number of hydrogen-bond acceptors (Lipinski definition) is 4. The number of benzene rings is 1. The van der Waals surface area contributed by atoms with Gasteiger partial charge in [0.05, 0.1) is 19.7 Å². The molecule has 0 saturated heterocycles. The lowest BCUT2D eigenvalue weighted by molar-refractivity contribution is -0.899. The van der Waals surface area contributed by atoms with Crippen molar-refractivity contribution in [3.63, 3.8) is 0 Å². The first kappa shape index (κ1) is 21.5. The third-order valence-corrected chi connectivity index (χ3v) is 6.52. The molecular weight excluding hydrogens is 384 g/mol. The van der Waals surface area contributed by atoms with Gasteiger partial charge in [0, 0.05) is 10.9 Å². The molecule has 1 aliphatic rings. The van der Waals surface area contributed by atoms with Crippen molar-refractivity contribution in [3.05, 3.63) is 40.8 Å². The molecule has 1 aliphatic carbocycles. The first-order valence-electron chi connectivity index (χ1n) is 10.5. The number of quaternary nitrogens is 1. The fraction of sp³-hybridized carbons (Fsp3) is 0.478. The summed E-state index contributed by atoms with van der Waals surface area (Å²) in [7, 11) is 2.09. The van der Waals surface area contributed by atoms with Gasteiger partial charge >= 0.3 is 5.97 Å². The zero-order valence-electron chi connectivity index (χ0n) is 17.5. The molecule has 0 spiro atoms. The molecule has 0 bridgehead atoms. The highest BCUT2D eigenvalue weighted by atomic mass is 32.1. The molecule has 5 nitrogen and oxygen atoms in total. The smallest absolute Gasteiger partial charge is 0.341 e. The maximum atomic E-state index is 12.7. The van der Waals surface area contributed by atoms with Crippen LogP contribution < -0.4 is 10.2 Å². The van der Waals surface area contributed by atoms with Crippen LogP contribution in [0.3, 0.4) is 0 Å². The molecule has 1 atom stereocenters. The number of rotatable bonds is 7. The SMILES string of the molecule is CCOC(=O)c1c(-c2ccc(C)cc2)csc1NC(=O)C[NH+](C)C1CCCCC1. The molecule has 1 aromatic heterocycles. The van der Waals surface area contributed by atoms with E-state index in [0.717, 1.165) is 16.7 Å². The Hall–Kier alpha value is -2.18. The van der Waals surface area contributed by atoms with Crippen molar-refractivity contribution < 1.29 is 19.2 Å². The van der Waals surface area contributed by atoms with Gasteiger partial charge in [-0.05, 0) is 45.1 Å². The molecule has 1 amide bonds. The van der Waals surface area contributed by atoms with Gasteiger partial charge in [0.25, 0.3) is 5.91 Å². The first-order chi connectivity index (χ1) is 14.0. The summed E-state index contributed by atoms with van der Waals surface area (Å²) < 4.78 is 5.28. The normalized spacial score (nSPS) is 15.7. The number of thiophene rings is 1. The zero-order chi connectivity index (χ0) is 20.8. The number of likely N-dealkylation sites (N-methyl/N-ethyl adjacent to an activating group) is 1. The third kappa shape index (κ3) is 5.46. The lowest BCUT2D eigenvalue weighted by Gasteiger charge is -2.27. The molecule has 29 heavy (non-hydrogen) atoms. The summed E-state index contributed by atoms with van der Waals surface area (Å²) in [6.07, 6.45) is 6.17. The van der Waals surface area contributed by atoms with E-state index in [2.05, 4.69) is 12.4 Å². The van der Waals surface area contributed by atoms with E-state index in [0.29, 0.717) is 29.8 Å². The van der Waals surface area contributed by atoms with Crippen LogP contribution in [0.4, 0.5) is 5.00 Å². The van der Waals surface area contributed by atoms with Crippen LogP contribution in [-0.4, -0.2) is 38.1 Å². The molecule has 3 rings (SSSR count). The maximum absolute atomic E-state index is 12.7. The molecule has 6 heteroatoms. The molecule has 1 unspecified atom stereocenters. The minimum atomic E-state index is -0.396. The van der Waals surface area contributed by atoms with Gasteiger partial charge in [-0.2, -0.15) is 0 Å². The van der Waals surface area contributed by atoms with Crippen LogP contribution in [0.15, 0.2) is 29.6 Å². The molecular formula is C23H31N2O3S+. The van der Waals surface area contributed by atoms with Gasteiger partial charge in [-0.25, -0.2) is 4.79 Å². The van der Waals surface area contributed by atoms with E-state index in [-0.39, 0.29) is 5.91 Å². The van der Waals surface area contributed by atoms with Crippen molar-refractivity contribution in [1.29, 1.82) is 0 Å². The van der Waals surface area contributed by atoms with Gasteiger partial charge in [-0.15, -0.1) is 11.3 Å². The summed E-state index contributed by atoms with van der Waals surface area (Å²) >= 11 is 1.38. The monoisotopic (exact) mass is 415 g/mol. The molecule has 1 aromatic carbocycles. The Labute approximate surface area is 177 Å². The number of aryl methyl sites for hydroxylation is 1. The van der Waals surface area contributed by atoms with Crippen LogP contribution in [0.1, 0.15) is 54.9 Å². The number of amides is 1. The number of ether oxygens (including phenoxy) is 1. The van der Waals surface area contributed by atoms with E-state index >= 15 is 0 Å². The van der Waals surface area contributed by atoms with Crippen molar-refractivity contribution in [2.45, 2.75) is 52.0 Å². The van der Waals surface area contributed by atoms with Crippen LogP contribution in [0.2, 0.25) is 0 Å². The Bertz CT molecular complexity index is 838. The minimum Gasteiger partial charge on any atom is -0.462 e. The lowest BCUT2D eigenvalue weighted by Crippen LogP contribution is -3.14. The molecule has 0 aliphatic heterocycles. The molecule has 2 aromatic rings. The second-order valence-corrected chi connectivity index (χ2v) is 8.73. The Balaban J connectivity index is 1.78. The first-order valence-corrected chi connectivity index (χ1v) is 11.3. The second-order valence-electron chi connectivity index (χ2n) is 7.85. The van der Waals surface area contributed by atoms with E-state index < -0.39 is 5.97 Å². The van der Waals surface area contributed by atoms with Gasteiger partial charge in [-0.1, -0.05) is 36.2 Å². The number of carbonyl (C=O) groups is 2. The van der Waals surface area contributed by atoms with Gasteiger partial charge < -0.3 is 15.0 Å². The number of anilines is 1. The van der Waals surface area contributed by atoms with Crippen molar-refractivity contribution in [1.82, 2.24) is 0 Å². The van der Waals surface area contributed by atoms with Crippen LogP contribution >= 0.6 is 11.3 Å². The third-order valence-electron chi connectivity index (χ3n) is 5.63. The summed E-state index contributed by atoms with van der Waals surface area (Å²) in [5, 5.41) is 5.47. The van der Waals surface area contributed by atoms with Crippen molar-refractivity contribution >= 4 is 28.2 Å². The van der Waals surface area contributed by atoms with E-state index in [1.165, 1.54) is 48.3 Å². The molecule has 2 N–H and O–H groups in total. The average molecular weight is 416 g/mol. The molecule has 156 valence electrons. The fourth-order valence-corrected chi connectivity index (χ4v) is 4.94. The number of esters is 1. The molecule has 0 radical (unpaired) electrons. The largest absolute Gasteiger partial charge is 0.462 e. The topological polar surface area (TPSA) is 59.8 Å². The molecule has 1 fully saturated rings. The van der Waals surface area contributed by atoms with Gasteiger partial charge in [-0.3, -0.25) is 4.79 Å². The second kappa shape index (κ2) is 10.0. The Morgan fingerprint density at radius 2 is 1.86 bits per heavy atom. The summed E-state index contributed by atoms with van der Waals surface area (Å²) in [4.78, 5) is 26.6. The Morgan fingerprint density at radius 3 is 2.52 bits per heavy atom. The average Bonchev–Trinajstić information content (AvgIpc) is 3.12. The molecule has 1 saturated carbocycles. The van der Waals surface area contributed by atoms with E-state index in [1.807, 2.05) is 36.6 Å². The quantitative estimate of drug-likeness (QED) is 0.678. The van der Waals surface area contributed by atoms with Crippen LogP contribution in [0, 0.1) is 6.92 Å². The van der Waals surface area contributed by atoms with Gasteiger partial charge in [0.1, 0.15) is 10.6 Å². The standard InChI is InChI=1S/C23H30N2O3S/c1-4-28-23(27)21-19(17-12-10-16(2)11-13-17)15-29-22(21)24-20(26)14-25(3)18-8-6-5-7-9-18/h10-13,15,18H,4-9,14H2,1-3H3,(H,24,26)/p+1. The van der Waals surface area contributed by atoms with Crippen molar-refractivity contribution in [3.8, 4) is 11.1 Å². The van der Waals surface area contributed by atoms with Gasteiger partial charge in [0.2, 0.25) is 0 Å². The van der Waals surface area contributed by atoms with Gasteiger partial charge in [0.15, 0.2) is 6.54 Å². The van der Waals surface area contributed by atoms with E-state index in [4.69, 9.17) is 4.74 Å². The summed E-state index contributed by atoms with van der Waals surface area (Å²) in [6, 6.07) is 8.57. The van der Waals surface area contributed by atoms with Crippen LogP contribution in [0.5, 0.6) is 0 Å². The Kier molecular flexibility index (Phi) is 7.45. The minimum absolute atomic E-state index is 0.0593. The Morgan fingerprint density at radius 1 is 1.17 bits per heavy atom. The highest BCUT2D eigenvalue weighted by molar-refractivity contribution is 7.15. The highest BCUT2D eigenvalue weighted by Gasteiger charge is 2.26. The number of nitrogens with one attached hydrogen (secondary N) is 2. The number of hydrogen-bond donors (Lipinski definition) is 2. The van der Waals surface area contributed by atoms with Crippen LogP contribution in [-0.2, 0) is 9.53 Å². The van der Waals surface area contributed by atoms with E-state index in [1.54, 1.807) is 6.92 Å². The fourth-order valence-electron chi connectivity index (χ4n) is 3.97. The van der Waals surface area contributed by atoms with Crippen molar-refractivity contribution in [2.24, 2.45) is 0 Å². The maximum Gasteiger partial charge on any atom is 0.341 e. The van der Waals surface area contributed by atoms with Crippen LogP contribution in [0.25, 0.3) is 11.1 Å². The predicted molar refractivity (Wildman–Crippen MR) is 118 cm³/mol. The molecule has 1 heterocycles. The van der Waals surface area contributed by atoms with E-state index in [9.17, 15) is 9.59 Å².